The van der Waals surface area contributed by atoms with E-state index in [9.17, 15) is 0 Å². The lowest BCUT2D eigenvalue weighted by atomic mass is 9.91. The zero-order valence-electron chi connectivity index (χ0n) is 15.1. The Hall–Kier alpha value is -1.52. The summed E-state index contributed by atoms with van der Waals surface area (Å²) in [6, 6.07) is 8.98. The van der Waals surface area contributed by atoms with Crippen molar-refractivity contribution < 1.29 is 4.84 Å². The van der Waals surface area contributed by atoms with Crippen LogP contribution in [0.4, 0.5) is 0 Å². The fraction of sp³-hybridized carbons (Fsp3) is 0.600. The predicted octanol–water partition coefficient (Wildman–Crippen LogP) is 4.34. The average Bonchev–Trinajstić information content (AvgIpc) is 3.20. The Balaban J connectivity index is 1.42. The molecule has 0 bridgehead atoms. The van der Waals surface area contributed by atoms with Crippen LogP contribution in [0.2, 0.25) is 0 Å². The third-order valence-corrected chi connectivity index (χ3v) is 5.34. The van der Waals surface area contributed by atoms with Crippen molar-refractivity contribution in [2.24, 2.45) is 5.92 Å². The van der Waals surface area contributed by atoms with E-state index in [1.165, 1.54) is 50.5 Å². The van der Waals surface area contributed by atoms with Gasteiger partial charge in [-0.3, -0.25) is 0 Å². The number of H-pyrrole nitrogens is 1. The van der Waals surface area contributed by atoms with E-state index in [-0.39, 0.29) is 0 Å². The van der Waals surface area contributed by atoms with Gasteiger partial charge >= 0.3 is 0 Å². The minimum Gasteiger partial charge on any atom is -0.409 e. The average molecular weight is 329 g/mol. The summed E-state index contributed by atoms with van der Waals surface area (Å²) in [6.45, 7) is 4.47. The first-order chi connectivity index (χ1) is 11.8. The topological polar surface area (TPSA) is 40.3 Å². The van der Waals surface area contributed by atoms with Gasteiger partial charge in [-0.05, 0) is 69.5 Å². The predicted molar refractivity (Wildman–Crippen MR) is 100 cm³/mol. The lowest BCUT2D eigenvalue weighted by molar-refractivity contribution is 0.177. The molecule has 1 aliphatic heterocycles. The van der Waals surface area contributed by atoms with Crippen LogP contribution in [0.25, 0.3) is 10.9 Å². The molecule has 2 atom stereocenters. The van der Waals surface area contributed by atoms with Crippen LogP contribution in [0.1, 0.15) is 45.4 Å². The molecule has 0 saturated carbocycles. The zero-order chi connectivity index (χ0) is 16.8. The van der Waals surface area contributed by atoms with Gasteiger partial charge in [0.05, 0.1) is 0 Å². The maximum atomic E-state index is 5.73. The van der Waals surface area contributed by atoms with Gasteiger partial charge < -0.3 is 14.7 Å². The SMILES string of the molecule is CCCC(CCNOc1ccc2[nH]ccc2c1)CC1CCCN1C. The second-order valence-corrected chi connectivity index (χ2v) is 7.18. The van der Waals surface area contributed by atoms with Gasteiger partial charge in [0, 0.05) is 29.7 Å². The Morgan fingerprint density at radius 3 is 3.04 bits per heavy atom. The Labute approximate surface area is 145 Å². The molecule has 1 aliphatic rings. The summed E-state index contributed by atoms with van der Waals surface area (Å²) in [5.74, 6) is 1.67. The van der Waals surface area contributed by atoms with Crippen LogP contribution in [-0.2, 0) is 0 Å². The number of nitrogens with zero attached hydrogens (tertiary/aromatic N) is 1. The van der Waals surface area contributed by atoms with Crippen molar-refractivity contribution in [1.29, 1.82) is 0 Å². The normalized spacial score (nSPS) is 19.8. The molecule has 0 aliphatic carbocycles. The monoisotopic (exact) mass is 329 g/mol. The summed E-state index contributed by atoms with van der Waals surface area (Å²) in [6.07, 6.45) is 9.80. The van der Waals surface area contributed by atoms with Gasteiger partial charge in [-0.1, -0.05) is 19.8 Å². The van der Waals surface area contributed by atoms with E-state index >= 15 is 0 Å². The lowest BCUT2D eigenvalue weighted by Gasteiger charge is -2.25. The number of hydrogen-bond donors (Lipinski definition) is 2. The van der Waals surface area contributed by atoms with Crippen molar-refractivity contribution in [3.63, 3.8) is 0 Å². The highest BCUT2D eigenvalue weighted by Gasteiger charge is 2.23. The van der Waals surface area contributed by atoms with Gasteiger partial charge in [-0.25, -0.2) is 0 Å². The third-order valence-electron chi connectivity index (χ3n) is 5.34. The third kappa shape index (κ3) is 4.52. The van der Waals surface area contributed by atoms with E-state index in [0.29, 0.717) is 0 Å². The smallest absolute Gasteiger partial charge is 0.147 e. The van der Waals surface area contributed by atoms with Crippen LogP contribution in [0.3, 0.4) is 0 Å². The first-order valence-electron chi connectivity index (χ1n) is 9.43. The van der Waals surface area contributed by atoms with Crippen LogP contribution in [0, 0.1) is 5.92 Å². The van der Waals surface area contributed by atoms with Crippen LogP contribution in [-0.4, -0.2) is 36.1 Å². The van der Waals surface area contributed by atoms with Gasteiger partial charge in [-0.15, -0.1) is 0 Å². The second kappa shape index (κ2) is 8.54. The summed E-state index contributed by atoms with van der Waals surface area (Å²) in [5, 5.41) is 1.18. The first-order valence-corrected chi connectivity index (χ1v) is 9.43. The fourth-order valence-electron chi connectivity index (χ4n) is 3.94. The van der Waals surface area contributed by atoms with Gasteiger partial charge in [0.2, 0.25) is 0 Å². The fourth-order valence-corrected chi connectivity index (χ4v) is 3.94. The first kappa shape index (κ1) is 17.3. The van der Waals surface area contributed by atoms with E-state index in [1.54, 1.807) is 0 Å². The zero-order valence-corrected chi connectivity index (χ0v) is 15.1. The molecule has 1 saturated heterocycles. The van der Waals surface area contributed by atoms with Crippen molar-refractivity contribution in [2.45, 2.75) is 51.5 Å². The van der Waals surface area contributed by atoms with Crippen molar-refractivity contribution in [1.82, 2.24) is 15.4 Å². The molecule has 3 rings (SSSR count). The highest BCUT2D eigenvalue weighted by atomic mass is 16.6. The van der Waals surface area contributed by atoms with E-state index in [1.807, 2.05) is 12.3 Å². The molecule has 132 valence electrons. The Bertz CT molecular complexity index is 624. The Kier molecular flexibility index (Phi) is 6.16. The maximum absolute atomic E-state index is 5.73. The Morgan fingerprint density at radius 2 is 2.25 bits per heavy atom. The van der Waals surface area contributed by atoms with Gasteiger partial charge in [0.15, 0.2) is 0 Å². The van der Waals surface area contributed by atoms with Crippen LogP contribution in [0.15, 0.2) is 30.5 Å². The van der Waals surface area contributed by atoms with Crippen molar-refractivity contribution in [3.8, 4) is 5.75 Å². The minimum absolute atomic E-state index is 0.790. The van der Waals surface area contributed by atoms with Crippen molar-refractivity contribution >= 4 is 10.9 Å². The van der Waals surface area contributed by atoms with Crippen LogP contribution in [0.5, 0.6) is 5.75 Å². The molecule has 2 heterocycles. The van der Waals surface area contributed by atoms with Gasteiger partial charge in [0.1, 0.15) is 5.75 Å². The van der Waals surface area contributed by atoms with Crippen molar-refractivity contribution in [2.75, 3.05) is 20.1 Å². The van der Waals surface area contributed by atoms with Crippen molar-refractivity contribution in [3.05, 3.63) is 30.5 Å². The summed E-state index contributed by atoms with van der Waals surface area (Å²) >= 11 is 0. The lowest BCUT2D eigenvalue weighted by Crippen LogP contribution is -2.29. The molecule has 2 aromatic rings. The summed E-state index contributed by atoms with van der Waals surface area (Å²) in [7, 11) is 2.28. The molecule has 4 nitrogen and oxygen atoms in total. The molecule has 24 heavy (non-hydrogen) atoms. The number of aromatic nitrogens is 1. The number of fused-ring (bicyclic) bond motifs is 1. The number of nitrogens with one attached hydrogen (secondary N) is 2. The largest absolute Gasteiger partial charge is 0.409 e. The quantitative estimate of drug-likeness (QED) is 0.531. The molecule has 1 fully saturated rings. The van der Waals surface area contributed by atoms with E-state index in [0.717, 1.165) is 29.8 Å². The van der Waals surface area contributed by atoms with Gasteiger partial charge in [-0.2, -0.15) is 5.48 Å². The van der Waals surface area contributed by atoms with Gasteiger partial charge in [0.25, 0.3) is 0 Å². The number of likely N-dealkylation sites (tertiary alicyclic amines) is 1. The number of hydrogen-bond acceptors (Lipinski definition) is 3. The number of rotatable bonds is 9. The molecule has 0 radical (unpaired) electrons. The number of hydroxylamine groups is 1. The molecule has 0 amide bonds. The molecule has 1 aromatic heterocycles. The minimum atomic E-state index is 0.790. The second-order valence-electron chi connectivity index (χ2n) is 7.18. The molecule has 2 N–H and O–H groups in total. The summed E-state index contributed by atoms with van der Waals surface area (Å²) in [5.41, 5.74) is 4.30. The molecule has 0 spiro atoms. The number of benzene rings is 1. The highest BCUT2D eigenvalue weighted by molar-refractivity contribution is 5.80. The van der Waals surface area contributed by atoms with Crippen LogP contribution >= 0.6 is 0 Å². The molecule has 2 unspecified atom stereocenters. The Morgan fingerprint density at radius 1 is 1.33 bits per heavy atom. The highest BCUT2D eigenvalue weighted by Crippen LogP contribution is 2.26. The van der Waals surface area contributed by atoms with E-state index < -0.39 is 0 Å². The molecular formula is C20H31N3O. The van der Waals surface area contributed by atoms with E-state index in [4.69, 9.17) is 4.84 Å². The summed E-state index contributed by atoms with van der Waals surface area (Å²) in [4.78, 5) is 11.5. The maximum Gasteiger partial charge on any atom is 0.147 e. The number of aromatic amines is 1. The summed E-state index contributed by atoms with van der Waals surface area (Å²) < 4.78 is 0. The molecule has 1 aromatic carbocycles. The van der Waals surface area contributed by atoms with E-state index in [2.05, 4.69) is 47.5 Å². The molecular weight excluding hydrogens is 298 g/mol. The standard InChI is InChI=1S/C20H31N3O/c1-3-5-16(14-18-6-4-13-23(18)2)9-12-22-24-19-7-8-20-17(15-19)10-11-21-20/h7-8,10-11,15-16,18,21-22H,3-6,9,12-14H2,1-2H3. The molecule has 4 heteroatoms. The van der Waals surface area contributed by atoms with Crippen LogP contribution < -0.4 is 10.3 Å².